The first-order valence-electron chi connectivity index (χ1n) is 8.72. The van der Waals surface area contributed by atoms with E-state index in [1.165, 1.54) is 6.20 Å². The van der Waals surface area contributed by atoms with Crippen LogP contribution >= 0.6 is 0 Å². The van der Waals surface area contributed by atoms with Crippen molar-refractivity contribution < 1.29 is 9.59 Å². The Morgan fingerprint density at radius 1 is 1.27 bits per heavy atom. The molecule has 0 bridgehead atoms. The highest BCUT2D eigenvalue weighted by atomic mass is 16.2. The van der Waals surface area contributed by atoms with Crippen LogP contribution in [0.4, 0.5) is 0 Å². The SMILES string of the molecule is Cc1[nH]c2ccccc2c1C(=O)[C@H](C#N)C(=O)c1cnn2c1CCCC2. The molecule has 0 radical (unpaired) electrons. The lowest BCUT2D eigenvalue weighted by atomic mass is 9.89. The zero-order valence-corrected chi connectivity index (χ0v) is 14.5. The highest BCUT2D eigenvalue weighted by Gasteiger charge is 2.34. The van der Waals surface area contributed by atoms with Gasteiger partial charge in [-0.05, 0) is 32.3 Å². The number of ketones is 2. The molecule has 26 heavy (non-hydrogen) atoms. The fourth-order valence-corrected chi connectivity index (χ4v) is 3.76. The molecule has 6 nitrogen and oxygen atoms in total. The molecule has 0 saturated heterocycles. The smallest absolute Gasteiger partial charge is 0.191 e. The summed E-state index contributed by atoms with van der Waals surface area (Å²) in [4.78, 5) is 29.2. The molecule has 0 amide bonds. The van der Waals surface area contributed by atoms with Crippen LogP contribution in [-0.2, 0) is 13.0 Å². The molecule has 3 aromatic rings. The van der Waals surface area contributed by atoms with Crippen LogP contribution in [0, 0.1) is 24.2 Å². The zero-order valence-electron chi connectivity index (χ0n) is 14.5. The monoisotopic (exact) mass is 346 g/mol. The maximum atomic E-state index is 13.1. The summed E-state index contributed by atoms with van der Waals surface area (Å²) in [5, 5.41) is 14.6. The second kappa shape index (κ2) is 6.26. The largest absolute Gasteiger partial charge is 0.358 e. The number of nitriles is 1. The second-order valence-electron chi connectivity index (χ2n) is 6.65. The third-order valence-electron chi connectivity index (χ3n) is 5.04. The summed E-state index contributed by atoms with van der Waals surface area (Å²) >= 11 is 0. The number of aryl methyl sites for hydroxylation is 2. The number of carbonyl (C=O) groups excluding carboxylic acids is 2. The number of hydrogen-bond acceptors (Lipinski definition) is 4. The maximum absolute atomic E-state index is 13.1. The quantitative estimate of drug-likeness (QED) is 0.580. The number of aromatic nitrogens is 3. The van der Waals surface area contributed by atoms with Crippen LogP contribution in [-0.4, -0.2) is 26.3 Å². The van der Waals surface area contributed by atoms with Gasteiger partial charge in [0.15, 0.2) is 17.5 Å². The number of hydrogen-bond donors (Lipinski definition) is 1. The lowest BCUT2D eigenvalue weighted by Crippen LogP contribution is -2.25. The number of carbonyl (C=O) groups is 2. The van der Waals surface area contributed by atoms with Crippen molar-refractivity contribution in [2.45, 2.75) is 32.7 Å². The molecule has 130 valence electrons. The molecule has 3 heterocycles. The Labute approximate surface area is 150 Å². The molecule has 4 rings (SSSR count). The van der Waals surface area contributed by atoms with E-state index in [9.17, 15) is 14.9 Å². The van der Waals surface area contributed by atoms with Gasteiger partial charge in [-0.2, -0.15) is 10.4 Å². The van der Waals surface area contributed by atoms with E-state index in [0.29, 0.717) is 16.8 Å². The average molecular weight is 346 g/mol. The standard InChI is InChI=1S/C20H18N4O2/c1-12-18(13-6-2-3-7-16(13)23-12)20(26)14(10-21)19(25)15-11-22-24-9-5-4-8-17(15)24/h2-3,6-7,11,14,23H,4-5,8-9H2,1H3/t14-/m1/s1. The van der Waals surface area contributed by atoms with Crippen LogP contribution in [0.1, 0.15) is 44.9 Å². The van der Waals surface area contributed by atoms with Gasteiger partial charge in [0.25, 0.3) is 0 Å². The van der Waals surface area contributed by atoms with E-state index >= 15 is 0 Å². The zero-order chi connectivity index (χ0) is 18.3. The van der Waals surface area contributed by atoms with Gasteiger partial charge in [-0.3, -0.25) is 14.3 Å². The highest BCUT2D eigenvalue weighted by molar-refractivity contribution is 6.22. The van der Waals surface area contributed by atoms with E-state index in [2.05, 4.69) is 10.1 Å². The van der Waals surface area contributed by atoms with Crippen LogP contribution in [0.15, 0.2) is 30.5 Å². The maximum Gasteiger partial charge on any atom is 0.191 e. The Morgan fingerprint density at radius 3 is 2.88 bits per heavy atom. The lowest BCUT2D eigenvalue weighted by Gasteiger charge is -2.15. The minimum atomic E-state index is -1.36. The topological polar surface area (TPSA) is 91.5 Å². The van der Waals surface area contributed by atoms with E-state index in [0.717, 1.165) is 42.4 Å². The van der Waals surface area contributed by atoms with Gasteiger partial charge < -0.3 is 4.98 Å². The third-order valence-corrected chi connectivity index (χ3v) is 5.04. The van der Waals surface area contributed by atoms with E-state index in [-0.39, 0.29) is 0 Å². The number of aromatic amines is 1. The lowest BCUT2D eigenvalue weighted by molar-refractivity contribution is 0.0846. The number of fused-ring (bicyclic) bond motifs is 2. The number of rotatable bonds is 4. The van der Waals surface area contributed by atoms with E-state index in [4.69, 9.17) is 0 Å². The van der Waals surface area contributed by atoms with Gasteiger partial charge in [-0.15, -0.1) is 0 Å². The normalized spacial score (nSPS) is 14.6. The molecular weight excluding hydrogens is 328 g/mol. The van der Waals surface area contributed by atoms with Gasteiger partial charge in [0, 0.05) is 34.4 Å². The van der Waals surface area contributed by atoms with Crippen molar-refractivity contribution in [1.82, 2.24) is 14.8 Å². The molecule has 1 aliphatic rings. The molecule has 0 fully saturated rings. The van der Waals surface area contributed by atoms with Crippen LogP contribution in [0.25, 0.3) is 10.9 Å². The molecule has 2 aromatic heterocycles. The number of benzene rings is 1. The minimum absolute atomic E-state index is 0.405. The predicted octanol–water partition coefficient (Wildman–Crippen LogP) is 3.21. The van der Waals surface area contributed by atoms with Crippen molar-refractivity contribution in [1.29, 1.82) is 5.26 Å². The minimum Gasteiger partial charge on any atom is -0.358 e. The summed E-state index contributed by atoms with van der Waals surface area (Å²) in [5.41, 5.74) is 3.15. The van der Waals surface area contributed by atoms with E-state index < -0.39 is 17.5 Å². The van der Waals surface area contributed by atoms with Crippen LogP contribution in [0.3, 0.4) is 0 Å². The number of nitrogens with zero attached hydrogens (tertiary/aromatic N) is 3. The number of H-pyrrole nitrogens is 1. The molecule has 6 heteroatoms. The predicted molar refractivity (Wildman–Crippen MR) is 96.0 cm³/mol. The van der Waals surface area contributed by atoms with Gasteiger partial charge in [0.2, 0.25) is 0 Å². The van der Waals surface area contributed by atoms with Gasteiger partial charge >= 0.3 is 0 Å². The second-order valence-corrected chi connectivity index (χ2v) is 6.65. The molecule has 1 N–H and O–H groups in total. The van der Waals surface area contributed by atoms with Gasteiger partial charge in [-0.25, -0.2) is 0 Å². The molecule has 0 aliphatic carbocycles. The molecule has 1 atom stereocenters. The van der Waals surface area contributed by atoms with Crippen molar-refractivity contribution in [3.05, 3.63) is 53.0 Å². The van der Waals surface area contributed by atoms with Crippen molar-refractivity contribution in [3.63, 3.8) is 0 Å². The first kappa shape index (κ1) is 16.3. The van der Waals surface area contributed by atoms with E-state index in [1.54, 1.807) is 6.92 Å². The van der Waals surface area contributed by atoms with Gasteiger partial charge in [-0.1, -0.05) is 18.2 Å². The highest BCUT2D eigenvalue weighted by Crippen LogP contribution is 2.27. The first-order valence-corrected chi connectivity index (χ1v) is 8.72. The van der Waals surface area contributed by atoms with Crippen LogP contribution < -0.4 is 0 Å². The van der Waals surface area contributed by atoms with Gasteiger partial charge in [0.1, 0.15) is 0 Å². The summed E-state index contributed by atoms with van der Waals surface area (Å²) in [6.45, 7) is 2.56. The number of Topliss-reactive ketones (excluding diaryl/α,β-unsaturated/α-hetero) is 2. The Morgan fingerprint density at radius 2 is 2.08 bits per heavy atom. The molecule has 0 spiro atoms. The number of para-hydroxylation sites is 1. The Bertz CT molecular complexity index is 1070. The molecular formula is C20H18N4O2. The van der Waals surface area contributed by atoms with Gasteiger partial charge in [0.05, 0.1) is 17.8 Å². The molecule has 1 aliphatic heterocycles. The number of nitrogens with one attached hydrogen (secondary N) is 1. The summed E-state index contributed by atoms with van der Waals surface area (Å²) in [6, 6.07) is 9.34. The molecule has 0 unspecified atom stereocenters. The van der Waals surface area contributed by atoms with Crippen molar-refractivity contribution in [2.24, 2.45) is 5.92 Å². The van der Waals surface area contributed by atoms with Crippen LogP contribution in [0.2, 0.25) is 0 Å². The average Bonchev–Trinajstić information content (AvgIpc) is 3.22. The Kier molecular flexibility index (Phi) is 3.92. The molecule has 1 aromatic carbocycles. The van der Waals surface area contributed by atoms with Crippen molar-refractivity contribution >= 4 is 22.5 Å². The fraction of sp³-hybridized carbons (Fsp3) is 0.300. The Balaban J connectivity index is 1.74. The first-order chi connectivity index (χ1) is 12.6. The summed E-state index contributed by atoms with van der Waals surface area (Å²) in [6.07, 6.45) is 4.26. The van der Waals surface area contributed by atoms with Crippen molar-refractivity contribution in [3.8, 4) is 6.07 Å². The Hall–Kier alpha value is -3.20. The van der Waals surface area contributed by atoms with Crippen molar-refractivity contribution in [2.75, 3.05) is 0 Å². The molecule has 0 saturated carbocycles. The summed E-state index contributed by atoms with van der Waals surface area (Å²) in [5.74, 6) is -2.27. The summed E-state index contributed by atoms with van der Waals surface area (Å²) in [7, 11) is 0. The van der Waals surface area contributed by atoms with Crippen LogP contribution in [0.5, 0.6) is 0 Å². The summed E-state index contributed by atoms with van der Waals surface area (Å²) < 4.78 is 1.81. The fourth-order valence-electron chi connectivity index (χ4n) is 3.76. The van der Waals surface area contributed by atoms with E-state index in [1.807, 2.05) is 35.0 Å². The third kappa shape index (κ3) is 2.44.